The Bertz CT molecular complexity index is 920. The molecule has 2 heteroatoms. The lowest BCUT2D eigenvalue weighted by Crippen LogP contribution is -1.95. The summed E-state index contributed by atoms with van der Waals surface area (Å²) in [6.45, 7) is 3.18. The van der Waals surface area contributed by atoms with Crippen LogP contribution in [0.1, 0.15) is 34.6 Å². The third kappa shape index (κ3) is 1.74. The predicted octanol–water partition coefficient (Wildman–Crippen LogP) is 4.99. The fraction of sp³-hybridized carbons (Fsp3) is 0.100. The quantitative estimate of drug-likeness (QED) is 0.384. The Balaban J connectivity index is 2.21. The zero-order valence-electron chi connectivity index (χ0n) is 12.4. The van der Waals surface area contributed by atoms with Gasteiger partial charge in [-0.1, -0.05) is 24.3 Å². The highest BCUT2D eigenvalue weighted by Gasteiger charge is 2.12. The number of hydrogen-bond acceptors (Lipinski definition) is 2. The lowest BCUT2D eigenvalue weighted by atomic mass is 9.91. The van der Waals surface area contributed by atoms with Crippen LogP contribution < -0.4 is 0 Å². The Morgan fingerprint density at radius 2 is 0.864 bits per heavy atom. The van der Waals surface area contributed by atoms with Gasteiger partial charge in [-0.05, 0) is 70.4 Å². The maximum atomic E-state index is 11.7. The van der Waals surface area contributed by atoms with E-state index in [0.717, 1.165) is 43.4 Å². The molecule has 0 aliphatic rings. The van der Waals surface area contributed by atoms with Gasteiger partial charge in [0.05, 0.1) is 0 Å². The largest absolute Gasteiger partial charge is 0.295 e. The van der Waals surface area contributed by atoms with Gasteiger partial charge in [-0.3, -0.25) is 9.59 Å². The Hall–Kier alpha value is -2.74. The average Bonchev–Trinajstić information content (AvgIpc) is 2.51. The first-order valence-electron chi connectivity index (χ1n) is 7.29. The van der Waals surface area contributed by atoms with Crippen LogP contribution in [0.25, 0.3) is 32.3 Å². The van der Waals surface area contributed by atoms with Gasteiger partial charge in [0.2, 0.25) is 0 Å². The molecule has 0 aliphatic carbocycles. The van der Waals surface area contributed by atoms with Crippen molar-refractivity contribution >= 4 is 43.9 Å². The summed E-state index contributed by atoms with van der Waals surface area (Å²) in [6, 6.07) is 15.9. The molecule has 0 amide bonds. The summed E-state index contributed by atoms with van der Waals surface area (Å²) in [6.07, 6.45) is 0. The molecule has 0 saturated heterocycles. The molecule has 0 aliphatic heterocycles. The molecule has 0 unspecified atom stereocenters. The first-order valence-corrected chi connectivity index (χ1v) is 7.29. The molecule has 106 valence electrons. The van der Waals surface area contributed by atoms with E-state index in [1.807, 2.05) is 48.5 Å². The van der Waals surface area contributed by atoms with E-state index < -0.39 is 0 Å². The molecule has 4 aromatic rings. The van der Waals surface area contributed by atoms with Crippen LogP contribution in [0.15, 0.2) is 48.5 Å². The Kier molecular flexibility index (Phi) is 2.58. The topological polar surface area (TPSA) is 34.1 Å². The van der Waals surface area contributed by atoms with Crippen LogP contribution in [0.2, 0.25) is 0 Å². The molecule has 0 saturated carbocycles. The van der Waals surface area contributed by atoms with Gasteiger partial charge in [-0.2, -0.15) is 0 Å². The van der Waals surface area contributed by atoms with Crippen LogP contribution in [0.4, 0.5) is 0 Å². The smallest absolute Gasteiger partial charge is 0.159 e. The minimum absolute atomic E-state index is 0.0735. The summed E-state index contributed by atoms with van der Waals surface area (Å²) in [4.78, 5) is 23.4. The van der Waals surface area contributed by atoms with Crippen LogP contribution in [0.5, 0.6) is 0 Å². The maximum Gasteiger partial charge on any atom is 0.159 e. The standard InChI is InChI=1S/C20H14O2/c1-11(21)17-7-13-3-5-15-9-18(12(2)22)10-16-6-4-14(8-17)19(13)20(15)16/h3-10H,1-2H3. The number of benzene rings is 4. The molecule has 4 rings (SSSR count). The lowest BCUT2D eigenvalue weighted by molar-refractivity contribution is 0.100. The van der Waals surface area contributed by atoms with E-state index in [1.165, 1.54) is 0 Å². The molecule has 0 fully saturated rings. The summed E-state index contributed by atoms with van der Waals surface area (Å²) in [5.41, 5.74) is 1.46. The molecule has 2 nitrogen and oxygen atoms in total. The summed E-state index contributed by atoms with van der Waals surface area (Å²) >= 11 is 0. The number of hydrogen-bond donors (Lipinski definition) is 0. The molecule has 0 atom stereocenters. The van der Waals surface area contributed by atoms with E-state index in [0.29, 0.717) is 0 Å². The first-order chi connectivity index (χ1) is 10.5. The summed E-state index contributed by atoms with van der Waals surface area (Å²) < 4.78 is 0. The second kappa shape index (κ2) is 4.38. The monoisotopic (exact) mass is 286 g/mol. The van der Waals surface area contributed by atoms with Gasteiger partial charge in [0, 0.05) is 11.1 Å². The van der Waals surface area contributed by atoms with Crippen LogP contribution in [-0.2, 0) is 0 Å². The van der Waals surface area contributed by atoms with Gasteiger partial charge < -0.3 is 0 Å². The second-order valence-corrected chi connectivity index (χ2v) is 5.84. The Morgan fingerprint density at radius 1 is 0.591 bits per heavy atom. The van der Waals surface area contributed by atoms with Crippen molar-refractivity contribution in [3.63, 3.8) is 0 Å². The molecule has 0 spiro atoms. The van der Waals surface area contributed by atoms with Gasteiger partial charge in [0.25, 0.3) is 0 Å². The third-order valence-electron chi connectivity index (χ3n) is 4.35. The zero-order valence-corrected chi connectivity index (χ0v) is 12.4. The molecular weight excluding hydrogens is 272 g/mol. The summed E-state index contributed by atoms with van der Waals surface area (Å²) in [5.74, 6) is 0.147. The van der Waals surface area contributed by atoms with Crippen LogP contribution in [-0.4, -0.2) is 11.6 Å². The van der Waals surface area contributed by atoms with Crippen molar-refractivity contribution in [1.29, 1.82) is 0 Å². The lowest BCUT2D eigenvalue weighted by Gasteiger charge is -2.12. The third-order valence-corrected chi connectivity index (χ3v) is 4.35. The van der Waals surface area contributed by atoms with Crippen LogP contribution >= 0.6 is 0 Å². The van der Waals surface area contributed by atoms with Crippen molar-refractivity contribution in [2.75, 3.05) is 0 Å². The maximum absolute atomic E-state index is 11.7. The van der Waals surface area contributed by atoms with Gasteiger partial charge >= 0.3 is 0 Å². The second-order valence-electron chi connectivity index (χ2n) is 5.84. The summed E-state index contributed by atoms with van der Waals surface area (Å²) in [5, 5.41) is 6.59. The highest BCUT2D eigenvalue weighted by Crippen LogP contribution is 2.36. The van der Waals surface area contributed by atoms with E-state index in [2.05, 4.69) is 0 Å². The molecule has 0 heterocycles. The highest BCUT2D eigenvalue weighted by atomic mass is 16.1. The molecular formula is C20H14O2. The number of carbonyl (C=O) groups is 2. The molecule has 0 N–H and O–H groups in total. The zero-order chi connectivity index (χ0) is 15.4. The van der Waals surface area contributed by atoms with E-state index in [9.17, 15) is 9.59 Å². The molecule has 0 radical (unpaired) electrons. The predicted molar refractivity (Wildman–Crippen MR) is 90.2 cm³/mol. The highest BCUT2D eigenvalue weighted by molar-refractivity contribution is 6.25. The normalized spacial score (nSPS) is 11.5. The van der Waals surface area contributed by atoms with Gasteiger partial charge in [-0.25, -0.2) is 0 Å². The van der Waals surface area contributed by atoms with Crippen molar-refractivity contribution < 1.29 is 9.59 Å². The average molecular weight is 286 g/mol. The minimum Gasteiger partial charge on any atom is -0.295 e. The number of ketones is 2. The fourth-order valence-corrected chi connectivity index (χ4v) is 3.24. The van der Waals surface area contributed by atoms with Crippen molar-refractivity contribution in [2.24, 2.45) is 0 Å². The summed E-state index contributed by atoms with van der Waals surface area (Å²) in [7, 11) is 0. The van der Waals surface area contributed by atoms with Crippen molar-refractivity contribution in [3.05, 3.63) is 59.7 Å². The van der Waals surface area contributed by atoms with Crippen LogP contribution in [0, 0.1) is 0 Å². The van der Waals surface area contributed by atoms with Crippen LogP contribution in [0.3, 0.4) is 0 Å². The number of carbonyl (C=O) groups excluding carboxylic acids is 2. The van der Waals surface area contributed by atoms with Crippen molar-refractivity contribution in [1.82, 2.24) is 0 Å². The number of rotatable bonds is 2. The van der Waals surface area contributed by atoms with E-state index >= 15 is 0 Å². The van der Waals surface area contributed by atoms with E-state index in [4.69, 9.17) is 0 Å². The number of Topliss-reactive ketones (excluding diaryl/α,β-unsaturated/α-hetero) is 2. The molecule has 22 heavy (non-hydrogen) atoms. The minimum atomic E-state index is 0.0735. The molecule has 4 aromatic carbocycles. The van der Waals surface area contributed by atoms with Gasteiger partial charge in [0.1, 0.15) is 0 Å². The Labute approximate surface area is 127 Å². The van der Waals surface area contributed by atoms with E-state index in [-0.39, 0.29) is 11.6 Å². The first kappa shape index (κ1) is 13.0. The molecule has 0 aromatic heterocycles. The fourth-order valence-electron chi connectivity index (χ4n) is 3.24. The SMILES string of the molecule is CC(=O)c1cc2ccc3cc(C(C)=O)cc4ccc(c1)c2c34. The van der Waals surface area contributed by atoms with Gasteiger partial charge in [-0.15, -0.1) is 0 Å². The van der Waals surface area contributed by atoms with Crippen molar-refractivity contribution in [3.8, 4) is 0 Å². The van der Waals surface area contributed by atoms with Crippen molar-refractivity contribution in [2.45, 2.75) is 13.8 Å². The van der Waals surface area contributed by atoms with Gasteiger partial charge in [0.15, 0.2) is 11.6 Å². The van der Waals surface area contributed by atoms with E-state index in [1.54, 1.807) is 13.8 Å². The molecule has 0 bridgehead atoms. The Morgan fingerprint density at radius 3 is 1.09 bits per heavy atom.